The topological polar surface area (TPSA) is 12.0 Å². The standard InChI is InChI=1S/C14H10BrCl3FN/c1-20-14(9-6-7(16)2-5-11(9)17)8-3-4-10(15)12(18)13(8)19/h2-6,14,20H,1H3. The summed E-state index contributed by atoms with van der Waals surface area (Å²) in [5, 5.41) is 4.12. The van der Waals surface area contributed by atoms with Crippen LogP contribution < -0.4 is 5.32 Å². The van der Waals surface area contributed by atoms with E-state index in [4.69, 9.17) is 34.8 Å². The van der Waals surface area contributed by atoms with Gasteiger partial charge in [0.1, 0.15) is 5.82 Å². The number of rotatable bonds is 3. The summed E-state index contributed by atoms with van der Waals surface area (Å²) in [5.41, 5.74) is 1.10. The Labute approximate surface area is 140 Å². The number of nitrogens with one attached hydrogen (secondary N) is 1. The molecule has 6 heteroatoms. The minimum atomic E-state index is -0.489. The molecule has 1 nitrogen and oxygen atoms in total. The van der Waals surface area contributed by atoms with E-state index in [-0.39, 0.29) is 5.02 Å². The predicted octanol–water partition coefficient (Wildman–Crippen LogP) is 5.86. The molecule has 1 unspecified atom stereocenters. The summed E-state index contributed by atoms with van der Waals surface area (Å²) in [7, 11) is 1.72. The Bertz CT molecular complexity index is 649. The van der Waals surface area contributed by atoms with Crippen LogP contribution in [0.1, 0.15) is 17.2 Å². The lowest BCUT2D eigenvalue weighted by Gasteiger charge is -2.20. The highest BCUT2D eigenvalue weighted by Gasteiger charge is 2.21. The van der Waals surface area contributed by atoms with Crippen molar-refractivity contribution in [3.8, 4) is 0 Å². The molecular formula is C14H10BrCl3FN. The average Bonchev–Trinajstić information content (AvgIpc) is 2.43. The summed E-state index contributed by atoms with van der Waals surface area (Å²) in [6, 6.07) is 7.99. The Kier molecular flexibility index (Phi) is 5.32. The first-order valence-corrected chi connectivity index (χ1v) is 7.64. The summed E-state index contributed by atoms with van der Waals surface area (Å²) in [5.74, 6) is -0.489. The molecule has 20 heavy (non-hydrogen) atoms. The zero-order chi connectivity index (χ0) is 14.9. The molecule has 1 atom stereocenters. The molecule has 0 amide bonds. The van der Waals surface area contributed by atoms with E-state index in [0.29, 0.717) is 25.6 Å². The summed E-state index contributed by atoms with van der Waals surface area (Å²) in [4.78, 5) is 0. The molecule has 2 aromatic carbocycles. The minimum Gasteiger partial charge on any atom is -0.309 e. The summed E-state index contributed by atoms with van der Waals surface area (Å²) in [6.07, 6.45) is 0. The predicted molar refractivity (Wildman–Crippen MR) is 86.5 cm³/mol. The second kappa shape index (κ2) is 6.63. The van der Waals surface area contributed by atoms with Crippen molar-refractivity contribution in [2.24, 2.45) is 0 Å². The lowest BCUT2D eigenvalue weighted by molar-refractivity contribution is 0.576. The summed E-state index contributed by atoms with van der Waals surface area (Å²) in [6.45, 7) is 0. The minimum absolute atomic E-state index is 0.0425. The third-order valence-corrected chi connectivity index (χ3v) is 4.77. The second-order valence-corrected chi connectivity index (χ2v) is 6.23. The van der Waals surface area contributed by atoms with Gasteiger partial charge >= 0.3 is 0 Å². The van der Waals surface area contributed by atoms with Gasteiger partial charge in [-0.25, -0.2) is 4.39 Å². The molecule has 0 fully saturated rings. The smallest absolute Gasteiger partial charge is 0.148 e. The highest BCUT2D eigenvalue weighted by atomic mass is 79.9. The molecule has 1 N–H and O–H groups in total. The SMILES string of the molecule is CNC(c1cc(Cl)ccc1Cl)c1ccc(Br)c(Cl)c1F. The molecule has 0 saturated heterocycles. The first-order valence-electron chi connectivity index (χ1n) is 5.71. The van der Waals surface area contributed by atoms with Crippen LogP contribution in [0.5, 0.6) is 0 Å². The Hall–Kier alpha value is -0.320. The number of hydrogen-bond donors (Lipinski definition) is 1. The zero-order valence-electron chi connectivity index (χ0n) is 10.4. The van der Waals surface area contributed by atoms with Crippen molar-refractivity contribution in [3.05, 3.63) is 66.8 Å². The average molecular weight is 398 g/mol. The zero-order valence-corrected chi connectivity index (χ0v) is 14.2. The second-order valence-electron chi connectivity index (χ2n) is 4.15. The van der Waals surface area contributed by atoms with E-state index in [0.717, 1.165) is 0 Å². The summed E-state index contributed by atoms with van der Waals surface area (Å²) < 4.78 is 14.8. The van der Waals surface area contributed by atoms with Crippen molar-refractivity contribution in [3.63, 3.8) is 0 Å². The fraction of sp³-hybridized carbons (Fsp3) is 0.143. The van der Waals surface area contributed by atoms with Gasteiger partial charge < -0.3 is 5.32 Å². The van der Waals surface area contributed by atoms with Crippen LogP contribution >= 0.6 is 50.7 Å². The number of benzene rings is 2. The van der Waals surface area contributed by atoms with Crippen LogP contribution in [0.2, 0.25) is 15.1 Å². The van der Waals surface area contributed by atoms with Crippen molar-refractivity contribution in [2.45, 2.75) is 6.04 Å². The van der Waals surface area contributed by atoms with Gasteiger partial charge in [0.25, 0.3) is 0 Å². The molecule has 2 rings (SSSR count). The van der Waals surface area contributed by atoms with Gasteiger partial charge in [-0.05, 0) is 52.8 Å². The molecular weight excluding hydrogens is 387 g/mol. The largest absolute Gasteiger partial charge is 0.309 e. The van der Waals surface area contributed by atoms with Crippen LogP contribution in [0.15, 0.2) is 34.8 Å². The van der Waals surface area contributed by atoms with Crippen molar-refractivity contribution in [1.29, 1.82) is 0 Å². The van der Waals surface area contributed by atoms with Crippen LogP contribution in [-0.2, 0) is 0 Å². The Morgan fingerprint density at radius 2 is 1.80 bits per heavy atom. The molecule has 0 aliphatic heterocycles. The van der Waals surface area contributed by atoms with E-state index in [1.54, 1.807) is 37.4 Å². The molecule has 0 saturated carbocycles. The van der Waals surface area contributed by atoms with E-state index < -0.39 is 11.9 Å². The van der Waals surface area contributed by atoms with Crippen molar-refractivity contribution in [1.82, 2.24) is 5.32 Å². The molecule has 0 radical (unpaired) electrons. The van der Waals surface area contributed by atoms with Crippen LogP contribution in [0.3, 0.4) is 0 Å². The van der Waals surface area contributed by atoms with Gasteiger partial charge in [-0.1, -0.05) is 40.9 Å². The molecule has 2 aromatic rings. The van der Waals surface area contributed by atoms with Crippen LogP contribution in [0.25, 0.3) is 0 Å². The first kappa shape index (κ1) is 16.1. The Morgan fingerprint density at radius 3 is 2.45 bits per heavy atom. The molecule has 0 bridgehead atoms. The molecule has 106 valence electrons. The Balaban J connectivity index is 2.58. The molecule has 0 heterocycles. The third-order valence-electron chi connectivity index (χ3n) is 2.93. The molecule has 0 aromatic heterocycles. The van der Waals surface area contributed by atoms with Crippen LogP contribution in [0.4, 0.5) is 4.39 Å². The van der Waals surface area contributed by atoms with E-state index in [2.05, 4.69) is 21.2 Å². The lowest BCUT2D eigenvalue weighted by Crippen LogP contribution is -2.19. The van der Waals surface area contributed by atoms with E-state index in [1.165, 1.54) is 0 Å². The number of halogens is 5. The van der Waals surface area contributed by atoms with Crippen LogP contribution in [-0.4, -0.2) is 7.05 Å². The van der Waals surface area contributed by atoms with E-state index in [1.807, 2.05) is 0 Å². The summed E-state index contributed by atoms with van der Waals surface area (Å²) >= 11 is 21.3. The Morgan fingerprint density at radius 1 is 1.10 bits per heavy atom. The quantitative estimate of drug-likeness (QED) is 0.640. The van der Waals surface area contributed by atoms with Gasteiger partial charge in [0.2, 0.25) is 0 Å². The van der Waals surface area contributed by atoms with Gasteiger partial charge in [0.15, 0.2) is 0 Å². The lowest BCUT2D eigenvalue weighted by atomic mass is 9.98. The maximum absolute atomic E-state index is 14.3. The fourth-order valence-electron chi connectivity index (χ4n) is 1.98. The molecule has 0 aliphatic rings. The molecule has 0 aliphatic carbocycles. The van der Waals surface area contributed by atoms with Crippen molar-refractivity contribution in [2.75, 3.05) is 7.05 Å². The van der Waals surface area contributed by atoms with E-state index in [9.17, 15) is 4.39 Å². The molecule has 0 spiro atoms. The van der Waals surface area contributed by atoms with Gasteiger partial charge in [0.05, 0.1) is 11.1 Å². The third kappa shape index (κ3) is 3.12. The van der Waals surface area contributed by atoms with Gasteiger partial charge in [-0.2, -0.15) is 0 Å². The normalized spacial score (nSPS) is 12.5. The number of hydrogen-bond acceptors (Lipinski definition) is 1. The maximum atomic E-state index is 14.3. The van der Waals surface area contributed by atoms with Crippen molar-refractivity contribution >= 4 is 50.7 Å². The first-order chi connectivity index (χ1) is 9.45. The van der Waals surface area contributed by atoms with Gasteiger partial charge in [-0.3, -0.25) is 0 Å². The van der Waals surface area contributed by atoms with Crippen LogP contribution in [0, 0.1) is 5.82 Å². The highest BCUT2D eigenvalue weighted by Crippen LogP contribution is 2.35. The van der Waals surface area contributed by atoms with Gasteiger partial charge in [-0.15, -0.1) is 0 Å². The fourth-order valence-corrected chi connectivity index (χ4v) is 2.86. The maximum Gasteiger partial charge on any atom is 0.148 e. The van der Waals surface area contributed by atoms with E-state index >= 15 is 0 Å². The monoisotopic (exact) mass is 395 g/mol. The van der Waals surface area contributed by atoms with Gasteiger partial charge in [0, 0.05) is 20.1 Å². The van der Waals surface area contributed by atoms with Crippen molar-refractivity contribution < 1.29 is 4.39 Å². The highest BCUT2D eigenvalue weighted by molar-refractivity contribution is 9.10.